The third-order valence-corrected chi connectivity index (χ3v) is 4.05. The summed E-state index contributed by atoms with van der Waals surface area (Å²) in [6, 6.07) is 9.95. The van der Waals surface area contributed by atoms with E-state index in [2.05, 4.69) is 27.7 Å². The molecule has 5 heteroatoms. The average molecular weight is 303 g/mol. The van der Waals surface area contributed by atoms with E-state index in [1.807, 2.05) is 18.2 Å². The SMILES string of the molecule is CC(=O)N[C@@H](C)C(=O)NC[C@H](c1ccccc1)N1CCCC1. The molecule has 0 unspecified atom stereocenters. The van der Waals surface area contributed by atoms with Crippen LogP contribution in [0.15, 0.2) is 30.3 Å². The van der Waals surface area contributed by atoms with E-state index in [4.69, 9.17) is 0 Å². The Kier molecular flexibility index (Phi) is 5.95. The normalized spacial score (nSPS) is 17.7. The van der Waals surface area contributed by atoms with E-state index in [9.17, 15) is 9.59 Å². The highest BCUT2D eigenvalue weighted by atomic mass is 16.2. The monoisotopic (exact) mass is 303 g/mol. The van der Waals surface area contributed by atoms with Crippen molar-refractivity contribution in [3.8, 4) is 0 Å². The first-order chi connectivity index (χ1) is 10.6. The van der Waals surface area contributed by atoms with Crippen molar-refractivity contribution in [3.05, 3.63) is 35.9 Å². The highest BCUT2D eigenvalue weighted by Gasteiger charge is 2.24. The van der Waals surface area contributed by atoms with Gasteiger partial charge in [-0.15, -0.1) is 0 Å². The fraction of sp³-hybridized carbons (Fsp3) is 0.529. The first-order valence-electron chi connectivity index (χ1n) is 7.91. The highest BCUT2D eigenvalue weighted by Crippen LogP contribution is 2.24. The molecular formula is C17H25N3O2. The predicted octanol–water partition coefficient (Wildman–Crippen LogP) is 1.46. The van der Waals surface area contributed by atoms with Gasteiger partial charge in [0.05, 0.1) is 6.04 Å². The van der Waals surface area contributed by atoms with Crippen molar-refractivity contribution in [1.29, 1.82) is 0 Å². The zero-order valence-corrected chi connectivity index (χ0v) is 13.3. The van der Waals surface area contributed by atoms with Crippen LogP contribution in [0.1, 0.15) is 38.3 Å². The van der Waals surface area contributed by atoms with Gasteiger partial charge in [0.25, 0.3) is 0 Å². The van der Waals surface area contributed by atoms with E-state index >= 15 is 0 Å². The fourth-order valence-corrected chi connectivity index (χ4v) is 2.91. The number of hydrogen-bond donors (Lipinski definition) is 2. The Hall–Kier alpha value is -1.88. The number of nitrogens with zero attached hydrogens (tertiary/aromatic N) is 1. The van der Waals surface area contributed by atoms with Crippen LogP contribution in [-0.4, -0.2) is 42.4 Å². The fourth-order valence-electron chi connectivity index (χ4n) is 2.91. The molecule has 1 aliphatic heterocycles. The molecule has 0 bridgehead atoms. The molecule has 1 aliphatic rings. The second-order valence-corrected chi connectivity index (χ2v) is 5.84. The molecule has 120 valence electrons. The molecule has 1 aromatic rings. The molecule has 2 amide bonds. The smallest absolute Gasteiger partial charge is 0.242 e. The summed E-state index contributed by atoms with van der Waals surface area (Å²) in [4.78, 5) is 25.5. The number of nitrogens with one attached hydrogen (secondary N) is 2. The molecule has 1 fully saturated rings. The number of carbonyl (C=O) groups excluding carboxylic acids is 2. The summed E-state index contributed by atoms with van der Waals surface area (Å²) in [5.74, 6) is -0.336. The van der Waals surface area contributed by atoms with Gasteiger partial charge in [-0.05, 0) is 38.4 Å². The van der Waals surface area contributed by atoms with Gasteiger partial charge in [-0.2, -0.15) is 0 Å². The predicted molar refractivity (Wildman–Crippen MR) is 86.3 cm³/mol. The highest BCUT2D eigenvalue weighted by molar-refractivity contribution is 5.86. The van der Waals surface area contributed by atoms with Gasteiger partial charge in [0.15, 0.2) is 0 Å². The van der Waals surface area contributed by atoms with Crippen LogP contribution >= 0.6 is 0 Å². The van der Waals surface area contributed by atoms with Crippen molar-refractivity contribution in [2.24, 2.45) is 0 Å². The van der Waals surface area contributed by atoms with Gasteiger partial charge in [-0.25, -0.2) is 0 Å². The summed E-state index contributed by atoms with van der Waals surface area (Å²) in [5.41, 5.74) is 1.22. The second kappa shape index (κ2) is 7.94. The molecule has 0 saturated carbocycles. The van der Waals surface area contributed by atoms with Crippen molar-refractivity contribution < 1.29 is 9.59 Å². The molecule has 22 heavy (non-hydrogen) atoms. The Morgan fingerprint density at radius 2 is 1.82 bits per heavy atom. The first kappa shape index (κ1) is 16.5. The Bertz CT molecular complexity index is 498. The molecule has 2 N–H and O–H groups in total. The molecule has 2 rings (SSSR count). The maximum atomic E-state index is 12.1. The summed E-state index contributed by atoms with van der Waals surface area (Å²) >= 11 is 0. The van der Waals surface area contributed by atoms with E-state index in [0.717, 1.165) is 13.1 Å². The van der Waals surface area contributed by atoms with Crippen molar-refractivity contribution >= 4 is 11.8 Å². The maximum absolute atomic E-state index is 12.1. The van der Waals surface area contributed by atoms with E-state index in [-0.39, 0.29) is 17.9 Å². The number of carbonyl (C=O) groups is 2. The third kappa shape index (κ3) is 4.56. The van der Waals surface area contributed by atoms with Crippen LogP contribution in [0.3, 0.4) is 0 Å². The molecule has 1 heterocycles. The summed E-state index contributed by atoms with van der Waals surface area (Å²) in [6.07, 6.45) is 2.42. The Balaban J connectivity index is 1.98. The van der Waals surface area contributed by atoms with Crippen molar-refractivity contribution in [1.82, 2.24) is 15.5 Å². The number of hydrogen-bond acceptors (Lipinski definition) is 3. The van der Waals surface area contributed by atoms with Gasteiger partial charge in [-0.3, -0.25) is 14.5 Å². The maximum Gasteiger partial charge on any atom is 0.242 e. The molecular weight excluding hydrogens is 278 g/mol. The number of amides is 2. The molecule has 1 saturated heterocycles. The van der Waals surface area contributed by atoms with Crippen molar-refractivity contribution in [3.63, 3.8) is 0 Å². The quantitative estimate of drug-likeness (QED) is 0.836. The summed E-state index contributed by atoms with van der Waals surface area (Å²) < 4.78 is 0. The van der Waals surface area contributed by atoms with Crippen LogP contribution in [0.2, 0.25) is 0 Å². The minimum Gasteiger partial charge on any atom is -0.352 e. The molecule has 5 nitrogen and oxygen atoms in total. The molecule has 2 atom stereocenters. The van der Waals surface area contributed by atoms with Crippen LogP contribution in [0.25, 0.3) is 0 Å². The lowest BCUT2D eigenvalue weighted by molar-refractivity contribution is -0.127. The van der Waals surface area contributed by atoms with Crippen LogP contribution in [-0.2, 0) is 9.59 Å². The summed E-state index contributed by atoms with van der Waals surface area (Å²) in [5, 5.41) is 5.58. The molecule has 1 aromatic carbocycles. The number of rotatable bonds is 6. The summed E-state index contributed by atoms with van der Waals surface area (Å²) in [7, 11) is 0. The first-order valence-corrected chi connectivity index (χ1v) is 7.91. The third-order valence-electron chi connectivity index (χ3n) is 4.05. The van der Waals surface area contributed by atoms with Crippen molar-refractivity contribution in [2.45, 2.75) is 38.8 Å². The topological polar surface area (TPSA) is 61.4 Å². The zero-order valence-electron chi connectivity index (χ0n) is 13.3. The van der Waals surface area contributed by atoms with Gasteiger partial charge in [0, 0.05) is 13.5 Å². The van der Waals surface area contributed by atoms with E-state index < -0.39 is 6.04 Å². The van der Waals surface area contributed by atoms with E-state index in [1.54, 1.807) is 6.92 Å². The minimum atomic E-state index is -0.507. The molecule has 0 aromatic heterocycles. The number of likely N-dealkylation sites (tertiary alicyclic amines) is 1. The van der Waals surface area contributed by atoms with Crippen LogP contribution < -0.4 is 10.6 Å². The number of benzene rings is 1. The summed E-state index contributed by atoms with van der Waals surface area (Å²) in [6.45, 7) is 5.81. The van der Waals surface area contributed by atoms with Crippen LogP contribution in [0, 0.1) is 0 Å². The second-order valence-electron chi connectivity index (χ2n) is 5.84. The molecule has 0 radical (unpaired) electrons. The van der Waals surface area contributed by atoms with Gasteiger partial charge in [-0.1, -0.05) is 30.3 Å². The largest absolute Gasteiger partial charge is 0.352 e. The lowest BCUT2D eigenvalue weighted by atomic mass is 10.1. The minimum absolute atomic E-state index is 0.143. The van der Waals surface area contributed by atoms with Crippen LogP contribution in [0.5, 0.6) is 0 Å². The zero-order chi connectivity index (χ0) is 15.9. The average Bonchev–Trinajstić information content (AvgIpc) is 3.02. The standard InChI is InChI=1S/C17H25N3O2/c1-13(19-14(2)21)17(22)18-12-16(20-10-6-7-11-20)15-8-4-3-5-9-15/h3-5,8-9,13,16H,6-7,10-12H2,1-2H3,(H,18,22)(H,19,21)/t13-,16+/m0/s1. The van der Waals surface area contributed by atoms with Gasteiger partial charge in [0.2, 0.25) is 11.8 Å². The molecule has 0 aliphatic carbocycles. The van der Waals surface area contributed by atoms with E-state index in [1.165, 1.54) is 25.3 Å². The Morgan fingerprint density at radius 1 is 1.18 bits per heavy atom. The van der Waals surface area contributed by atoms with Crippen molar-refractivity contribution in [2.75, 3.05) is 19.6 Å². The molecule has 0 spiro atoms. The van der Waals surface area contributed by atoms with Gasteiger partial charge >= 0.3 is 0 Å². The Morgan fingerprint density at radius 3 is 2.41 bits per heavy atom. The lowest BCUT2D eigenvalue weighted by Gasteiger charge is -2.28. The van der Waals surface area contributed by atoms with Gasteiger partial charge < -0.3 is 10.6 Å². The Labute approximate surface area is 132 Å². The van der Waals surface area contributed by atoms with Crippen LogP contribution in [0.4, 0.5) is 0 Å². The van der Waals surface area contributed by atoms with Gasteiger partial charge in [0.1, 0.15) is 6.04 Å². The van der Waals surface area contributed by atoms with E-state index in [0.29, 0.717) is 6.54 Å². The lowest BCUT2D eigenvalue weighted by Crippen LogP contribution is -2.46.